The second-order valence-corrected chi connectivity index (χ2v) is 15.1. The summed E-state index contributed by atoms with van der Waals surface area (Å²) in [5.41, 5.74) is 9.54. The number of aromatic hydroxyl groups is 2. The lowest BCUT2D eigenvalue weighted by molar-refractivity contribution is -0.149. The Bertz CT molecular complexity index is 1980. The molecule has 4 aliphatic rings. The van der Waals surface area contributed by atoms with E-state index in [1.54, 1.807) is 24.2 Å². The molecule has 252 valence electrons. The zero-order valence-electron chi connectivity index (χ0n) is 24.5. The number of nitrogens with two attached hydrogens (primary N) is 1. The van der Waals surface area contributed by atoms with Crippen LogP contribution in [-0.4, -0.2) is 103 Å². The zero-order valence-corrected chi connectivity index (χ0v) is 27.8. The molecule has 0 saturated carbocycles. The average molecular weight is 736 g/mol. The van der Waals surface area contributed by atoms with Crippen LogP contribution in [0.2, 0.25) is 0 Å². The Balaban J connectivity index is 1.15. The molecule has 1 aromatic carbocycles. The number of nitrogen functional groups attached to an aromatic ring is 1. The molecule has 6 rings (SSSR count). The van der Waals surface area contributed by atoms with Crippen LogP contribution in [0, 0.1) is 0 Å². The molecule has 2 amide bonds. The predicted molar refractivity (Wildman–Crippen MR) is 175 cm³/mol. The number of sulfonamides is 1. The van der Waals surface area contributed by atoms with Gasteiger partial charge < -0.3 is 21.1 Å². The Hall–Kier alpha value is -4.61. The van der Waals surface area contributed by atoms with Crippen molar-refractivity contribution in [3.05, 3.63) is 58.0 Å². The first kappa shape index (κ1) is 33.3. The molecule has 5 heterocycles. The molecule has 0 spiro atoms. The van der Waals surface area contributed by atoms with E-state index in [0.717, 1.165) is 39.3 Å². The molecule has 48 heavy (non-hydrogen) atoms. The third kappa shape index (κ3) is 6.08. The van der Waals surface area contributed by atoms with Gasteiger partial charge in [-0.25, -0.2) is 28.2 Å². The summed E-state index contributed by atoms with van der Waals surface area (Å²) in [5, 5.41) is 33.7. The number of β-lactam (4-membered cyclic amide) rings is 1. The van der Waals surface area contributed by atoms with E-state index in [2.05, 4.69) is 20.2 Å². The molecular weight excluding hydrogens is 711 g/mol. The van der Waals surface area contributed by atoms with Crippen molar-refractivity contribution >= 4 is 85.6 Å². The molecule has 1 saturated heterocycles. The fourth-order valence-corrected chi connectivity index (χ4v) is 9.20. The van der Waals surface area contributed by atoms with E-state index < -0.39 is 50.7 Å². The Kier molecular flexibility index (Phi) is 8.86. The van der Waals surface area contributed by atoms with Crippen LogP contribution in [0.15, 0.2) is 67.9 Å². The third-order valence-corrected chi connectivity index (χ3v) is 11.7. The van der Waals surface area contributed by atoms with Gasteiger partial charge in [0.15, 0.2) is 22.5 Å². The number of carbonyl (C=O) groups is 4. The van der Waals surface area contributed by atoms with E-state index in [0.29, 0.717) is 22.1 Å². The van der Waals surface area contributed by atoms with Gasteiger partial charge in [-0.3, -0.25) is 29.2 Å². The summed E-state index contributed by atoms with van der Waals surface area (Å²) < 4.78 is 27.9. The van der Waals surface area contributed by atoms with E-state index in [9.17, 15) is 42.9 Å². The van der Waals surface area contributed by atoms with Gasteiger partial charge in [-0.05, 0) is 30.7 Å². The number of thioether (sulfide) groups is 2. The SMILES string of the molecule is CC1=NC2=CN(CNS(=O)(=O)c3ccc(O)c(O)c3)NN2C(SCC2=C(C(=O)O)N3C(=O)[C@@H](N(C(=O)C=O)c4csc(N)n4)[C@H]3SC2)=C1. The summed E-state index contributed by atoms with van der Waals surface area (Å²) >= 11 is 3.52. The molecule has 7 N–H and O–H groups in total. The lowest BCUT2D eigenvalue weighted by Crippen LogP contribution is -2.72. The maximum absolute atomic E-state index is 13.4. The predicted octanol–water partition coefficient (Wildman–Crippen LogP) is 0.112. The number of carboxylic acid groups (broad SMARTS) is 1. The molecule has 2 aromatic rings. The average Bonchev–Trinajstić information content (AvgIpc) is 3.67. The standard InChI is InChI=1S/C26H25N9O9S4/c1-12-4-20(35-17(29-12)6-32(31-35)11-28-48(43,44)14-2-3-15(37)16(38)5-14)45-8-13-9-46-24-22(23(40)34(24)21(13)25(41)42)33(19(39)7-36)18-10-47-26(27)30-18/h2-7,10,22,24,28,31,37-38H,8-9,11H2,1H3,(H2,27,30)(H,41,42)/t22-,24-/m1/s1. The van der Waals surface area contributed by atoms with E-state index in [-0.39, 0.29) is 46.0 Å². The van der Waals surface area contributed by atoms with Gasteiger partial charge in [-0.1, -0.05) is 0 Å². The Morgan fingerprint density at radius 3 is 2.73 bits per heavy atom. The number of aliphatic imine (C=N–C) groups is 1. The van der Waals surface area contributed by atoms with Gasteiger partial charge in [0.05, 0.1) is 22.8 Å². The first-order valence-corrected chi connectivity index (χ1v) is 18.0. The topological polar surface area (TPSA) is 251 Å². The number of anilines is 2. The maximum atomic E-state index is 13.4. The molecule has 1 fully saturated rings. The van der Waals surface area contributed by atoms with Crippen molar-refractivity contribution < 1.29 is 42.9 Å². The van der Waals surface area contributed by atoms with Gasteiger partial charge in [0.2, 0.25) is 16.3 Å². The number of phenolic OH excluding ortho intramolecular Hbond substituents is 2. The van der Waals surface area contributed by atoms with Gasteiger partial charge in [0.1, 0.15) is 22.9 Å². The van der Waals surface area contributed by atoms with Crippen LogP contribution in [0.4, 0.5) is 10.9 Å². The van der Waals surface area contributed by atoms with Crippen molar-refractivity contribution in [1.82, 2.24) is 30.2 Å². The van der Waals surface area contributed by atoms with Gasteiger partial charge in [0, 0.05) is 28.7 Å². The molecule has 2 atom stereocenters. The number of allylic oxidation sites excluding steroid dienone is 1. The van der Waals surface area contributed by atoms with E-state index in [1.807, 2.05) is 0 Å². The normalized spacial score (nSPS) is 20.4. The first-order valence-electron chi connectivity index (χ1n) is 13.6. The molecule has 0 aliphatic carbocycles. The zero-order chi connectivity index (χ0) is 34.5. The molecular formula is C26H25N9O9S4. The number of rotatable bonds is 11. The lowest BCUT2D eigenvalue weighted by Gasteiger charge is -2.52. The van der Waals surface area contributed by atoms with Crippen LogP contribution in [0.5, 0.6) is 11.5 Å². The number of aromatic nitrogens is 1. The van der Waals surface area contributed by atoms with Crippen LogP contribution >= 0.6 is 34.9 Å². The number of hydrazine groups is 2. The molecule has 0 radical (unpaired) electrons. The Labute approximate surface area is 284 Å². The smallest absolute Gasteiger partial charge is 0.352 e. The number of hydrogen-bond acceptors (Lipinski definition) is 17. The quantitative estimate of drug-likeness (QED) is 0.0775. The molecule has 4 aliphatic heterocycles. The highest BCUT2D eigenvalue weighted by Gasteiger charge is 2.57. The molecule has 1 aromatic heterocycles. The van der Waals surface area contributed by atoms with Gasteiger partial charge in [-0.15, -0.1) is 40.4 Å². The number of aliphatic carboxylic acids is 1. The summed E-state index contributed by atoms with van der Waals surface area (Å²) in [6.45, 7) is 1.50. The number of nitrogens with one attached hydrogen (secondary N) is 2. The summed E-state index contributed by atoms with van der Waals surface area (Å²) in [6, 6.07) is 1.96. The van der Waals surface area contributed by atoms with Crippen molar-refractivity contribution in [2.45, 2.75) is 23.2 Å². The second-order valence-electron chi connectivity index (χ2n) is 10.4. The highest BCUT2D eigenvalue weighted by atomic mass is 32.2. The van der Waals surface area contributed by atoms with Crippen molar-refractivity contribution in [3.63, 3.8) is 0 Å². The largest absolute Gasteiger partial charge is 0.504 e. The van der Waals surface area contributed by atoms with Crippen LogP contribution in [0.3, 0.4) is 0 Å². The van der Waals surface area contributed by atoms with Crippen molar-refractivity contribution in [2.75, 3.05) is 28.8 Å². The highest BCUT2D eigenvalue weighted by molar-refractivity contribution is 8.03. The number of hydrogen-bond donors (Lipinski definition) is 6. The monoisotopic (exact) mass is 735 g/mol. The number of fused-ring (bicyclic) bond motifs is 2. The molecule has 0 bridgehead atoms. The van der Waals surface area contributed by atoms with E-state index in [1.165, 1.54) is 33.9 Å². The van der Waals surface area contributed by atoms with Crippen LogP contribution < -0.4 is 20.9 Å². The van der Waals surface area contributed by atoms with Crippen LogP contribution in [0.25, 0.3) is 0 Å². The molecule has 18 nitrogen and oxygen atoms in total. The number of carboxylic acids is 1. The number of aldehydes is 1. The summed E-state index contributed by atoms with van der Waals surface area (Å²) in [4.78, 5) is 60.1. The van der Waals surface area contributed by atoms with E-state index >= 15 is 0 Å². The number of phenols is 2. The fraction of sp³-hybridized carbons (Fsp3) is 0.231. The first-order chi connectivity index (χ1) is 22.8. The number of benzene rings is 1. The fourth-order valence-electron chi connectivity index (χ4n) is 5.08. The minimum Gasteiger partial charge on any atom is -0.504 e. The van der Waals surface area contributed by atoms with Crippen molar-refractivity contribution in [1.29, 1.82) is 0 Å². The molecule has 22 heteroatoms. The molecule has 0 unspecified atom stereocenters. The number of nitrogens with zero attached hydrogens (tertiary/aromatic N) is 6. The van der Waals surface area contributed by atoms with Gasteiger partial charge >= 0.3 is 5.97 Å². The number of carbonyl (C=O) groups excluding carboxylic acids is 3. The van der Waals surface area contributed by atoms with Gasteiger partial charge in [0.25, 0.3) is 11.8 Å². The minimum atomic E-state index is -4.07. The second kappa shape index (κ2) is 12.8. The highest BCUT2D eigenvalue weighted by Crippen LogP contribution is 2.45. The third-order valence-electron chi connectivity index (χ3n) is 7.24. The number of thiazole rings is 1. The number of amides is 2. The van der Waals surface area contributed by atoms with E-state index in [4.69, 9.17) is 5.73 Å². The van der Waals surface area contributed by atoms with Crippen molar-refractivity contribution in [2.24, 2.45) is 4.99 Å². The van der Waals surface area contributed by atoms with Crippen LogP contribution in [-0.2, 0) is 29.2 Å². The van der Waals surface area contributed by atoms with Crippen molar-refractivity contribution in [3.8, 4) is 11.5 Å². The van der Waals surface area contributed by atoms with Crippen LogP contribution in [0.1, 0.15) is 6.92 Å². The summed E-state index contributed by atoms with van der Waals surface area (Å²) in [7, 11) is -4.07. The maximum Gasteiger partial charge on any atom is 0.352 e. The Morgan fingerprint density at radius 1 is 1.29 bits per heavy atom. The lowest BCUT2D eigenvalue weighted by atomic mass is 10.0. The summed E-state index contributed by atoms with van der Waals surface area (Å²) in [6.07, 6.45) is 3.36. The minimum absolute atomic E-state index is 0.0279. The Morgan fingerprint density at radius 2 is 2.06 bits per heavy atom. The summed E-state index contributed by atoms with van der Waals surface area (Å²) in [5.74, 6) is -3.26. The van der Waals surface area contributed by atoms with Gasteiger partial charge in [-0.2, -0.15) is 4.72 Å².